The number of hydrogen-bond acceptors (Lipinski definition) is 5. The van der Waals surface area contributed by atoms with Crippen LogP contribution in [0.5, 0.6) is 11.5 Å². The highest BCUT2D eigenvalue weighted by molar-refractivity contribution is 7.80. The lowest BCUT2D eigenvalue weighted by molar-refractivity contribution is -0.139. The van der Waals surface area contributed by atoms with E-state index in [9.17, 15) is 9.59 Å². The molecule has 2 aromatic carbocycles. The van der Waals surface area contributed by atoms with Crippen LogP contribution in [0.3, 0.4) is 0 Å². The van der Waals surface area contributed by atoms with E-state index in [1.165, 1.54) is 14.0 Å². The lowest BCUT2D eigenvalue weighted by Crippen LogP contribution is -2.44. The lowest BCUT2D eigenvalue weighted by Gasteiger charge is -2.31. The number of rotatable bonds is 7. The third-order valence-electron chi connectivity index (χ3n) is 4.44. The Hall–Kier alpha value is -3.10. The van der Waals surface area contributed by atoms with E-state index in [0.717, 1.165) is 5.56 Å². The van der Waals surface area contributed by atoms with Crippen LogP contribution in [0, 0.1) is 0 Å². The highest BCUT2D eigenvalue weighted by atomic mass is 35.5. The summed E-state index contributed by atoms with van der Waals surface area (Å²) in [5.74, 6) is -0.938. The second kappa shape index (κ2) is 9.15. The number of carbonyl (C=O) groups is 2. The minimum Gasteiger partial charge on any atom is -0.493 e. The molecule has 3 N–H and O–H groups in total. The van der Waals surface area contributed by atoms with Crippen LogP contribution in [0.25, 0.3) is 5.70 Å². The van der Waals surface area contributed by atoms with Crippen LogP contribution in [-0.2, 0) is 9.59 Å². The van der Waals surface area contributed by atoms with Crippen LogP contribution in [-0.4, -0.2) is 35.7 Å². The van der Waals surface area contributed by atoms with Crippen molar-refractivity contribution in [1.82, 2.24) is 10.6 Å². The number of nitrogens with one attached hydrogen (secondary N) is 2. The minimum atomic E-state index is -1.14. The molecule has 0 aromatic heterocycles. The molecular formula is C21H19ClN2O5S. The van der Waals surface area contributed by atoms with E-state index < -0.39 is 18.6 Å². The first-order valence-corrected chi connectivity index (χ1v) is 9.70. The maximum absolute atomic E-state index is 12.6. The third kappa shape index (κ3) is 4.55. The van der Waals surface area contributed by atoms with Crippen molar-refractivity contribution >= 4 is 46.4 Å². The van der Waals surface area contributed by atoms with Gasteiger partial charge in [0.05, 0.1) is 23.9 Å². The molecule has 9 heteroatoms. The van der Waals surface area contributed by atoms with Crippen LogP contribution >= 0.6 is 23.8 Å². The average Bonchev–Trinajstić information content (AvgIpc) is 2.71. The molecule has 30 heavy (non-hydrogen) atoms. The number of ether oxygens (including phenoxy) is 2. The summed E-state index contributed by atoms with van der Waals surface area (Å²) in [5.41, 5.74) is 2.52. The van der Waals surface area contributed by atoms with Crippen molar-refractivity contribution in [1.29, 1.82) is 0 Å². The molecule has 0 saturated heterocycles. The van der Waals surface area contributed by atoms with Crippen LogP contribution in [0.15, 0.2) is 48.0 Å². The zero-order chi connectivity index (χ0) is 21.8. The number of thiocarbonyl (C=S) groups is 1. The van der Waals surface area contributed by atoms with Gasteiger partial charge in [-0.15, -0.1) is 0 Å². The number of methoxy groups -OCH3 is 1. The quantitative estimate of drug-likeness (QED) is 0.557. The number of carbonyl (C=O) groups excluding carboxylic acids is 1. The Morgan fingerprint density at radius 3 is 2.53 bits per heavy atom. The van der Waals surface area contributed by atoms with Crippen molar-refractivity contribution < 1.29 is 24.2 Å². The van der Waals surface area contributed by atoms with E-state index >= 15 is 0 Å². The van der Waals surface area contributed by atoms with Gasteiger partial charge in [-0.1, -0.05) is 41.9 Å². The van der Waals surface area contributed by atoms with Gasteiger partial charge in [0.15, 0.2) is 29.0 Å². The molecule has 1 heterocycles. The topological polar surface area (TPSA) is 96.9 Å². The van der Waals surface area contributed by atoms with E-state index in [2.05, 4.69) is 10.6 Å². The summed E-state index contributed by atoms with van der Waals surface area (Å²) in [6, 6.07) is 12.0. The molecule has 0 spiro atoms. The molecule has 1 aliphatic rings. The summed E-state index contributed by atoms with van der Waals surface area (Å²) in [5, 5.41) is 15.6. The average molecular weight is 447 g/mol. The van der Waals surface area contributed by atoms with Gasteiger partial charge in [0, 0.05) is 5.57 Å². The Morgan fingerprint density at radius 2 is 1.93 bits per heavy atom. The van der Waals surface area contributed by atoms with Gasteiger partial charge < -0.3 is 25.2 Å². The Bertz CT molecular complexity index is 1040. The minimum absolute atomic E-state index is 0.110. The molecule has 0 saturated carbocycles. The van der Waals surface area contributed by atoms with Crippen LogP contribution in [0.4, 0.5) is 0 Å². The normalized spacial score (nSPS) is 15.8. The predicted molar refractivity (Wildman–Crippen MR) is 117 cm³/mol. The number of hydrogen-bond donors (Lipinski definition) is 3. The van der Waals surface area contributed by atoms with E-state index in [1.807, 2.05) is 30.3 Å². The Morgan fingerprint density at radius 1 is 1.23 bits per heavy atom. The molecule has 0 fully saturated rings. The molecule has 2 aromatic rings. The van der Waals surface area contributed by atoms with Gasteiger partial charge in [-0.05, 0) is 42.4 Å². The largest absolute Gasteiger partial charge is 0.493 e. The van der Waals surface area contributed by atoms with E-state index in [1.54, 1.807) is 12.1 Å². The van der Waals surface area contributed by atoms with Gasteiger partial charge in [0.25, 0.3) is 0 Å². The Kier molecular flexibility index (Phi) is 6.59. The number of ketones is 1. The summed E-state index contributed by atoms with van der Waals surface area (Å²) in [4.78, 5) is 23.5. The van der Waals surface area contributed by atoms with Gasteiger partial charge in [-0.3, -0.25) is 4.79 Å². The van der Waals surface area contributed by atoms with Crippen molar-refractivity contribution in [3.05, 3.63) is 64.2 Å². The molecular weight excluding hydrogens is 428 g/mol. The van der Waals surface area contributed by atoms with Gasteiger partial charge >= 0.3 is 5.97 Å². The fraction of sp³-hybridized carbons (Fsp3) is 0.190. The standard InChI is InChI=1S/C21H19ClN2O5S/c1-11(25)17-18(12-6-4-3-5-7-12)23-21(30)24-19(17)13-8-14(22)20(15(9-13)28-2)29-10-16(26)27/h3-9,19H,10H2,1-2H3,(H,26,27)(H2,23,24,30)/t19-/m1/s1. The van der Waals surface area contributed by atoms with Crippen molar-refractivity contribution in [3.63, 3.8) is 0 Å². The highest BCUT2D eigenvalue weighted by Gasteiger charge is 2.31. The Balaban J connectivity index is 2.13. The van der Waals surface area contributed by atoms with Crippen molar-refractivity contribution in [2.24, 2.45) is 0 Å². The first-order valence-electron chi connectivity index (χ1n) is 8.92. The van der Waals surface area contributed by atoms with Crippen LogP contribution < -0.4 is 20.1 Å². The summed E-state index contributed by atoms with van der Waals surface area (Å²) >= 11 is 11.7. The third-order valence-corrected chi connectivity index (χ3v) is 4.94. The molecule has 156 valence electrons. The molecule has 3 rings (SSSR count). The van der Waals surface area contributed by atoms with E-state index in [-0.39, 0.29) is 22.3 Å². The second-order valence-electron chi connectivity index (χ2n) is 6.46. The number of aliphatic carboxylic acids is 1. The van der Waals surface area contributed by atoms with Crippen LogP contribution in [0.1, 0.15) is 24.1 Å². The van der Waals surface area contributed by atoms with Gasteiger partial charge in [0.1, 0.15) is 0 Å². The zero-order valence-electron chi connectivity index (χ0n) is 16.2. The molecule has 7 nitrogen and oxygen atoms in total. The molecule has 0 amide bonds. The Labute approximate surface area is 183 Å². The SMILES string of the molecule is COc1cc([C@H]2NC(=S)NC(c3ccccc3)=C2C(C)=O)cc(Cl)c1OCC(=O)O. The first kappa shape index (κ1) is 21.6. The van der Waals surface area contributed by atoms with Crippen molar-refractivity contribution in [3.8, 4) is 11.5 Å². The van der Waals surface area contributed by atoms with Gasteiger partial charge in [0.2, 0.25) is 0 Å². The molecule has 0 aliphatic carbocycles. The van der Waals surface area contributed by atoms with Gasteiger partial charge in [-0.25, -0.2) is 4.79 Å². The summed E-state index contributed by atoms with van der Waals surface area (Å²) < 4.78 is 10.6. The fourth-order valence-electron chi connectivity index (χ4n) is 3.21. The monoisotopic (exact) mass is 446 g/mol. The molecule has 0 bridgehead atoms. The maximum atomic E-state index is 12.6. The maximum Gasteiger partial charge on any atom is 0.341 e. The fourth-order valence-corrected chi connectivity index (χ4v) is 3.70. The van der Waals surface area contributed by atoms with Crippen molar-refractivity contribution in [2.45, 2.75) is 13.0 Å². The number of Topliss-reactive ketones (excluding diaryl/α,β-unsaturated/α-hetero) is 1. The summed E-state index contributed by atoms with van der Waals surface area (Å²) in [6.07, 6.45) is 0. The van der Waals surface area contributed by atoms with E-state index in [0.29, 0.717) is 21.9 Å². The lowest BCUT2D eigenvalue weighted by atomic mass is 9.90. The number of carboxylic acid groups (broad SMARTS) is 1. The number of benzene rings is 2. The predicted octanol–water partition coefficient (Wildman–Crippen LogP) is 3.33. The summed E-state index contributed by atoms with van der Waals surface area (Å²) in [6.45, 7) is 0.911. The molecule has 1 aliphatic heterocycles. The smallest absolute Gasteiger partial charge is 0.341 e. The second-order valence-corrected chi connectivity index (χ2v) is 7.27. The van der Waals surface area contributed by atoms with Crippen LogP contribution in [0.2, 0.25) is 5.02 Å². The molecule has 1 atom stereocenters. The van der Waals surface area contributed by atoms with Crippen molar-refractivity contribution in [2.75, 3.05) is 13.7 Å². The van der Waals surface area contributed by atoms with Gasteiger partial charge in [-0.2, -0.15) is 0 Å². The zero-order valence-corrected chi connectivity index (χ0v) is 17.8. The summed E-state index contributed by atoms with van der Waals surface area (Å²) in [7, 11) is 1.42. The number of halogens is 1. The number of carboxylic acids is 1. The molecule has 0 unspecified atom stereocenters. The van der Waals surface area contributed by atoms with E-state index in [4.69, 9.17) is 38.4 Å². The first-order chi connectivity index (χ1) is 14.3. The highest BCUT2D eigenvalue weighted by Crippen LogP contribution is 2.41. The molecule has 0 radical (unpaired) electrons.